The number of nitrogens with zero attached hydrogens (tertiary/aromatic N) is 2. The highest BCUT2D eigenvalue weighted by Gasteiger charge is 2.35. The van der Waals surface area contributed by atoms with E-state index in [1.54, 1.807) is 30.0 Å². The first-order chi connectivity index (χ1) is 17.1. The van der Waals surface area contributed by atoms with Crippen molar-refractivity contribution in [1.82, 2.24) is 4.90 Å². The molecule has 7 heteroatoms. The Morgan fingerprint density at radius 3 is 2.54 bits per heavy atom. The van der Waals surface area contributed by atoms with Crippen LogP contribution in [0.2, 0.25) is 0 Å². The Labute approximate surface area is 204 Å². The molecule has 0 saturated heterocycles. The number of carbonyl (C=O) groups excluding carboxylic acids is 2. The molecule has 0 radical (unpaired) electrons. The van der Waals surface area contributed by atoms with Crippen LogP contribution in [0.15, 0.2) is 72.8 Å². The highest BCUT2D eigenvalue weighted by molar-refractivity contribution is 5.72. The molecule has 0 fully saturated rings. The first kappa shape index (κ1) is 23.8. The molecule has 0 unspecified atom stereocenters. The quantitative estimate of drug-likeness (QED) is 0.462. The van der Waals surface area contributed by atoms with Crippen LogP contribution >= 0.6 is 0 Å². The number of carbonyl (C=O) groups is 2. The molecule has 0 saturated carbocycles. The SMILES string of the molecule is CCOC(=O)COc1ccc(C#N)cc1[C@@H]1c2ccccc2CCN1C(=O)OCc1ccccc1. The lowest BCUT2D eigenvalue weighted by atomic mass is 9.87. The summed E-state index contributed by atoms with van der Waals surface area (Å²) in [6.07, 6.45) is 0.205. The van der Waals surface area contributed by atoms with Gasteiger partial charge in [0.1, 0.15) is 12.4 Å². The molecular formula is C28H26N2O5. The van der Waals surface area contributed by atoms with Gasteiger partial charge in [-0.25, -0.2) is 9.59 Å². The number of benzene rings is 3. The van der Waals surface area contributed by atoms with Gasteiger partial charge in [-0.05, 0) is 48.2 Å². The maximum atomic E-state index is 13.3. The minimum Gasteiger partial charge on any atom is -0.482 e. The fourth-order valence-corrected chi connectivity index (χ4v) is 4.20. The molecule has 0 N–H and O–H groups in total. The molecule has 4 rings (SSSR count). The van der Waals surface area contributed by atoms with Crippen molar-refractivity contribution in [3.05, 3.63) is 101 Å². The normalized spacial score (nSPS) is 14.4. The van der Waals surface area contributed by atoms with Gasteiger partial charge in [0.15, 0.2) is 6.61 Å². The summed E-state index contributed by atoms with van der Waals surface area (Å²) in [7, 11) is 0. The van der Waals surface area contributed by atoms with Gasteiger partial charge in [0, 0.05) is 12.1 Å². The molecule has 7 nitrogen and oxygen atoms in total. The van der Waals surface area contributed by atoms with E-state index in [4.69, 9.17) is 14.2 Å². The van der Waals surface area contributed by atoms with Gasteiger partial charge in [-0.1, -0.05) is 54.6 Å². The lowest BCUT2D eigenvalue weighted by Gasteiger charge is -2.37. The van der Waals surface area contributed by atoms with Gasteiger partial charge in [0.25, 0.3) is 0 Å². The number of hydrogen-bond donors (Lipinski definition) is 0. The number of nitriles is 1. The predicted molar refractivity (Wildman–Crippen MR) is 129 cm³/mol. The molecule has 0 aliphatic carbocycles. The zero-order valence-electron chi connectivity index (χ0n) is 19.5. The van der Waals surface area contributed by atoms with Gasteiger partial charge >= 0.3 is 12.1 Å². The van der Waals surface area contributed by atoms with Crippen molar-refractivity contribution >= 4 is 12.1 Å². The van der Waals surface area contributed by atoms with Crippen molar-refractivity contribution < 1.29 is 23.8 Å². The number of ether oxygens (including phenoxy) is 3. The van der Waals surface area contributed by atoms with E-state index < -0.39 is 18.1 Å². The number of fused-ring (bicyclic) bond motifs is 1. The Kier molecular flexibility index (Phi) is 7.63. The van der Waals surface area contributed by atoms with E-state index in [0.29, 0.717) is 29.8 Å². The van der Waals surface area contributed by atoms with Crippen molar-refractivity contribution in [2.45, 2.75) is 26.0 Å². The summed E-state index contributed by atoms with van der Waals surface area (Å²) in [5, 5.41) is 9.55. The smallest absolute Gasteiger partial charge is 0.410 e. The zero-order chi connectivity index (χ0) is 24.6. The highest BCUT2D eigenvalue weighted by Crippen LogP contribution is 2.40. The lowest BCUT2D eigenvalue weighted by Crippen LogP contribution is -2.41. The van der Waals surface area contributed by atoms with Crippen LogP contribution in [0.4, 0.5) is 4.79 Å². The standard InChI is InChI=1S/C28H26N2O5/c1-2-33-26(31)19-34-25-13-12-21(17-29)16-24(25)27-23-11-7-6-10-22(23)14-15-30(27)28(32)35-18-20-8-4-3-5-9-20/h3-13,16,27H,2,14-15,18-19H2,1H3/t27-/m0/s1. The Bertz CT molecular complexity index is 1240. The Morgan fingerprint density at radius 2 is 1.77 bits per heavy atom. The van der Waals surface area contributed by atoms with E-state index in [-0.39, 0.29) is 19.8 Å². The predicted octanol–water partition coefficient (Wildman–Crippen LogP) is 4.78. The van der Waals surface area contributed by atoms with Crippen LogP contribution in [0.25, 0.3) is 0 Å². The molecule has 1 aliphatic heterocycles. The molecular weight excluding hydrogens is 444 g/mol. The maximum Gasteiger partial charge on any atom is 0.410 e. The number of rotatable bonds is 7. The van der Waals surface area contributed by atoms with Crippen LogP contribution in [-0.4, -0.2) is 36.7 Å². The average molecular weight is 471 g/mol. The summed E-state index contributed by atoms with van der Waals surface area (Å²) < 4.78 is 16.5. The molecule has 0 bridgehead atoms. The van der Waals surface area contributed by atoms with Crippen molar-refractivity contribution in [3.63, 3.8) is 0 Å². The van der Waals surface area contributed by atoms with Crippen LogP contribution in [0.3, 0.4) is 0 Å². The fraction of sp³-hybridized carbons (Fsp3) is 0.250. The second-order valence-corrected chi connectivity index (χ2v) is 8.04. The molecule has 35 heavy (non-hydrogen) atoms. The van der Waals surface area contributed by atoms with E-state index in [0.717, 1.165) is 16.7 Å². The summed E-state index contributed by atoms with van der Waals surface area (Å²) in [4.78, 5) is 26.9. The third kappa shape index (κ3) is 5.61. The van der Waals surface area contributed by atoms with Gasteiger partial charge in [0.05, 0.1) is 24.3 Å². The van der Waals surface area contributed by atoms with Crippen molar-refractivity contribution in [3.8, 4) is 11.8 Å². The van der Waals surface area contributed by atoms with Gasteiger partial charge in [-0.2, -0.15) is 5.26 Å². The summed E-state index contributed by atoms with van der Waals surface area (Å²) >= 11 is 0. The fourth-order valence-electron chi connectivity index (χ4n) is 4.20. The molecule has 3 aromatic rings. The van der Waals surface area contributed by atoms with Gasteiger partial charge in [-0.3, -0.25) is 4.90 Å². The monoisotopic (exact) mass is 470 g/mol. The summed E-state index contributed by atoms with van der Waals surface area (Å²) in [6.45, 7) is 2.28. The van der Waals surface area contributed by atoms with Gasteiger partial charge in [0.2, 0.25) is 0 Å². The molecule has 1 heterocycles. The maximum absolute atomic E-state index is 13.3. The first-order valence-electron chi connectivity index (χ1n) is 11.5. The van der Waals surface area contributed by atoms with E-state index in [1.165, 1.54) is 0 Å². The zero-order valence-corrected chi connectivity index (χ0v) is 19.5. The second kappa shape index (κ2) is 11.2. The molecule has 1 amide bonds. The van der Waals surface area contributed by atoms with Crippen LogP contribution in [0.5, 0.6) is 5.75 Å². The Hall–Kier alpha value is -4.31. The number of hydrogen-bond acceptors (Lipinski definition) is 6. The van der Waals surface area contributed by atoms with Crippen LogP contribution < -0.4 is 4.74 Å². The van der Waals surface area contributed by atoms with Crippen LogP contribution in [0, 0.1) is 11.3 Å². The van der Waals surface area contributed by atoms with Crippen LogP contribution in [0.1, 0.15) is 40.8 Å². The Morgan fingerprint density at radius 1 is 1.00 bits per heavy atom. The summed E-state index contributed by atoms with van der Waals surface area (Å²) in [5.74, 6) is -0.0920. The topological polar surface area (TPSA) is 88.9 Å². The van der Waals surface area contributed by atoms with E-state index in [1.807, 2.05) is 54.6 Å². The van der Waals surface area contributed by atoms with Crippen LogP contribution in [-0.2, 0) is 27.3 Å². The molecule has 0 spiro atoms. The third-order valence-electron chi connectivity index (χ3n) is 5.81. The Balaban J connectivity index is 1.69. The lowest BCUT2D eigenvalue weighted by molar-refractivity contribution is -0.145. The van der Waals surface area contributed by atoms with Crippen molar-refractivity contribution in [2.24, 2.45) is 0 Å². The van der Waals surface area contributed by atoms with Crippen molar-refractivity contribution in [1.29, 1.82) is 5.26 Å². The molecule has 1 aliphatic rings. The van der Waals surface area contributed by atoms with Gasteiger partial charge < -0.3 is 14.2 Å². The van der Waals surface area contributed by atoms with Gasteiger partial charge in [-0.15, -0.1) is 0 Å². The second-order valence-electron chi connectivity index (χ2n) is 8.04. The van der Waals surface area contributed by atoms with E-state index in [2.05, 4.69) is 6.07 Å². The van der Waals surface area contributed by atoms with E-state index in [9.17, 15) is 14.9 Å². The largest absolute Gasteiger partial charge is 0.482 e. The molecule has 1 atom stereocenters. The summed E-state index contributed by atoms with van der Waals surface area (Å²) in [6, 6.07) is 23.9. The first-order valence-corrected chi connectivity index (χ1v) is 11.5. The molecule has 3 aromatic carbocycles. The average Bonchev–Trinajstić information content (AvgIpc) is 2.90. The molecule has 0 aromatic heterocycles. The minimum absolute atomic E-state index is 0.148. The minimum atomic E-state index is -0.547. The third-order valence-corrected chi connectivity index (χ3v) is 5.81. The number of esters is 1. The number of amides is 1. The molecule has 178 valence electrons. The van der Waals surface area contributed by atoms with Crippen molar-refractivity contribution in [2.75, 3.05) is 19.8 Å². The summed E-state index contributed by atoms with van der Waals surface area (Å²) in [5.41, 5.74) is 3.94. The highest BCUT2D eigenvalue weighted by atomic mass is 16.6. The van der Waals surface area contributed by atoms with E-state index >= 15 is 0 Å².